The molecule has 1 atom stereocenters. The maximum absolute atomic E-state index is 10.6. The number of aromatic nitrogens is 1. The maximum Gasteiger partial charge on any atom is 0.130 e. The molecule has 0 aliphatic heterocycles. The molecule has 1 N–H and O–H groups in total. The summed E-state index contributed by atoms with van der Waals surface area (Å²) in [6, 6.07) is 18.6. The third-order valence-corrected chi connectivity index (χ3v) is 5.05. The van der Waals surface area contributed by atoms with Crippen LogP contribution >= 0.6 is 0 Å². The van der Waals surface area contributed by atoms with Crippen molar-refractivity contribution in [1.29, 1.82) is 0 Å². The third-order valence-electron chi connectivity index (χ3n) is 5.05. The molecule has 0 bridgehead atoms. The van der Waals surface area contributed by atoms with Gasteiger partial charge in [0.15, 0.2) is 0 Å². The largest absolute Gasteiger partial charge is 0.388 e. The predicted molar refractivity (Wildman–Crippen MR) is 110 cm³/mol. The van der Waals surface area contributed by atoms with Crippen molar-refractivity contribution in [3.63, 3.8) is 0 Å². The average Bonchev–Trinajstić information content (AvgIpc) is 3.21. The summed E-state index contributed by atoms with van der Waals surface area (Å²) < 4.78 is 5.19. The van der Waals surface area contributed by atoms with Crippen molar-refractivity contribution >= 4 is 0 Å². The van der Waals surface area contributed by atoms with Gasteiger partial charge in [0, 0.05) is 11.1 Å². The fourth-order valence-electron chi connectivity index (χ4n) is 3.42. The Morgan fingerprint density at radius 3 is 2.19 bits per heavy atom. The molecule has 3 rings (SSSR count). The zero-order chi connectivity index (χ0) is 18.9. The van der Waals surface area contributed by atoms with Gasteiger partial charge in [-0.2, -0.15) is 0 Å². The molecular formula is C24H29NO2. The Balaban J connectivity index is 1.62. The van der Waals surface area contributed by atoms with Crippen LogP contribution in [0, 0.1) is 0 Å². The van der Waals surface area contributed by atoms with Crippen LogP contribution in [-0.4, -0.2) is 10.3 Å². The number of aliphatic hydroxyl groups excluding tert-OH is 1. The summed E-state index contributed by atoms with van der Waals surface area (Å²) in [7, 11) is 0. The van der Waals surface area contributed by atoms with E-state index in [1.807, 2.05) is 30.3 Å². The van der Waals surface area contributed by atoms with Crippen LogP contribution in [0.3, 0.4) is 0 Å². The van der Waals surface area contributed by atoms with Crippen LogP contribution in [0.25, 0.3) is 22.4 Å². The summed E-state index contributed by atoms with van der Waals surface area (Å²) in [5.41, 5.74) is 4.86. The van der Waals surface area contributed by atoms with Crippen molar-refractivity contribution in [3.05, 3.63) is 66.4 Å². The fourth-order valence-corrected chi connectivity index (χ4v) is 3.42. The van der Waals surface area contributed by atoms with E-state index in [1.54, 1.807) is 6.26 Å². The van der Waals surface area contributed by atoms with E-state index in [4.69, 9.17) is 4.52 Å². The lowest BCUT2D eigenvalue weighted by Crippen LogP contribution is -1.98. The Bertz CT molecular complexity index is 793. The summed E-state index contributed by atoms with van der Waals surface area (Å²) in [4.78, 5) is 0. The Hall–Kier alpha value is -2.39. The number of benzene rings is 2. The number of nitrogens with zero attached hydrogens (tertiary/aromatic N) is 1. The van der Waals surface area contributed by atoms with E-state index in [0.29, 0.717) is 0 Å². The van der Waals surface area contributed by atoms with E-state index in [1.165, 1.54) is 37.7 Å². The van der Waals surface area contributed by atoms with Gasteiger partial charge in [0.1, 0.15) is 12.0 Å². The Kier molecular flexibility index (Phi) is 7.23. The SMILES string of the molecule is CCCCCCCCC(O)c1conc1-c1ccc(-c2ccccc2)cc1. The first-order chi connectivity index (χ1) is 13.3. The smallest absolute Gasteiger partial charge is 0.130 e. The second kappa shape index (κ2) is 10.1. The quantitative estimate of drug-likeness (QED) is 0.403. The lowest BCUT2D eigenvalue weighted by Gasteiger charge is -2.10. The normalized spacial score (nSPS) is 12.2. The first-order valence-electron chi connectivity index (χ1n) is 10.1. The maximum atomic E-state index is 10.6. The van der Waals surface area contributed by atoms with Gasteiger partial charge in [0.2, 0.25) is 0 Å². The number of unbranched alkanes of at least 4 members (excludes halogenated alkanes) is 5. The van der Waals surface area contributed by atoms with Crippen LogP contribution in [-0.2, 0) is 0 Å². The van der Waals surface area contributed by atoms with E-state index < -0.39 is 6.10 Å². The fraction of sp³-hybridized carbons (Fsp3) is 0.375. The van der Waals surface area contributed by atoms with Gasteiger partial charge in [-0.3, -0.25) is 0 Å². The van der Waals surface area contributed by atoms with Gasteiger partial charge in [-0.25, -0.2) is 0 Å². The van der Waals surface area contributed by atoms with Crippen LogP contribution in [0.4, 0.5) is 0 Å². The van der Waals surface area contributed by atoms with E-state index in [-0.39, 0.29) is 0 Å². The van der Waals surface area contributed by atoms with Crippen LogP contribution < -0.4 is 0 Å². The van der Waals surface area contributed by atoms with Crippen LogP contribution in [0.2, 0.25) is 0 Å². The summed E-state index contributed by atoms with van der Waals surface area (Å²) in [5.74, 6) is 0. The van der Waals surface area contributed by atoms with Gasteiger partial charge >= 0.3 is 0 Å². The van der Waals surface area contributed by atoms with Crippen molar-refractivity contribution in [2.24, 2.45) is 0 Å². The van der Waals surface area contributed by atoms with E-state index in [9.17, 15) is 5.11 Å². The molecule has 3 heteroatoms. The lowest BCUT2D eigenvalue weighted by molar-refractivity contribution is 0.163. The number of aliphatic hydroxyl groups is 1. The molecular weight excluding hydrogens is 334 g/mol. The highest BCUT2D eigenvalue weighted by molar-refractivity contribution is 5.70. The minimum atomic E-state index is -0.522. The van der Waals surface area contributed by atoms with E-state index in [2.05, 4.69) is 36.3 Å². The van der Waals surface area contributed by atoms with Crippen molar-refractivity contribution in [2.75, 3.05) is 0 Å². The summed E-state index contributed by atoms with van der Waals surface area (Å²) in [5, 5.41) is 14.7. The van der Waals surface area contributed by atoms with Crippen LogP contribution in [0.15, 0.2) is 65.4 Å². The average molecular weight is 364 g/mol. The second-order valence-corrected chi connectivity index (χ2v) is 7.13. The van der Waals surface area contributed by atoms with Gasteiger partial charge in [-0.1, -0.05) is 105 Å². The molecule has 0 saturated carbocycles. The van der Waals surface area contributed by atoms with Gasteiger partial charge in [-0.05, 0) is 17.5 Å². The lowest BCUT2D eigenvalue weighted by atomic mass is 9.98. The van der Waals surface area contributed by atoms with Crippen molar-refractivity contribution in [1.82, 2.24) is 5.16 Å². The highest BCUT2D eigenvalue weighted by atomic mass is 16.5. The molecule has 3 nitrogen and oxygen atoms in total. The summed E-state index contributed by atoms with van der Waals surface area (Å²) in [6.45, 7) is 2.23. The molecule has 1 heterocycles. The molecule has 0 aliphatic rings. The Labute approximate surface area is 162 Å². The monoisotopic (exact) mass is 363 g/mol. The van der Waals surface area contributed by atoms with E-state index >= 15 is 0 Å². The molecule has 0 saturated heterocycles. The molecule has 0 radical (unpaired) electrons. The highest BCUT2D eigenvalue weighted by Gasteiger charge is 2.17. The van der Waals surface area contributed by atoms with Gasteiger partial charge < -0.3 is 9.63 Å². The summed E-state index contributed by atoms with van der Waals surface area (Å²) >= 11 is 0. The molecule has 1 unspecified atom stereocenters. The molecule has 0 amide bonds. The molecule has 142 valence electrons. The van der Waals surface area contributed by atoms with Crippen molar-refractivity contribution in [2.45, 2.75) is 58.0 Å². The van der Waals surface area contributed by atoms with Gasteiger partial charge in [0.25, 0.3) is 0 Å². The molecule has 3 aromatic rings. The van der Waals surface area contributed by atoms with Crippen LogP contribution in [0.5, 0.6) is 0 Å². The zero-order valence-corrected chi connectivity index (χ0v) is 16.1. The Morgan fingerprint density at radius 2 is 1.44 bits per heavy atom. The first kappa shape index (κ1) is 19.4. The van der Waals surface area contributed by atoms with Gasteiger partial charge in [-0.15, -0.1) is 0 Å². The van der Waals surface area contributed by atoms with Crippen LogP contribution in [0.1, 0.15) is 63.5 Å². The highest BCUT2D eigenvalue weighted by Crippen LogP contribution is 2.31. The van der Waals surface area contributed by atoms with Gasteiger partial charge in [0.05, 0.1) is 6.10 Å². The van der Waals surface area contributed by atoms with Crippen molar-refractivity contribution < 1.29 is 9.63 Å². The second-order valence-electron chi connectivity index (χ2n) is 7.13. The minimum Gasteiger partial charge on any atom is -0.388 e. The molecule has 27 heavy (non-hydrogen) atoms. The molecule has 0 spiro atoms. The predicted octanol–water partition coefficient (Wildman–Crippen LogP) is 6.79. The molecule has 2 aromatic carbocycles. The molecule has 1 aromatic heterocycles. The molecule has 0 aliphatic carbocycles. The standard InChI is InChI=1S/C24H29NO2/c1-2-3-4-5-6-10-13-23(26)22-18-27-25-24(22)21-16-14-20(15-17-21)19-11-8-7-9-12-19/h7-9,11-12,14-18,23,26H,2-6,10,13H2,1H3. The van der Waals surface area contributed by atoms with E-state index in [0.717, 1.165) is 35.2 Å². The summed E-state index contributed by atoms with van der Waals surface area (Å²) in [6.07, 6.45) is 9.12. The third kappa shape index (κ3) is 5.30. The minimum absolute atomic E-state index is 0.522. The number of rotatable bonds is 10. The number of hydrogen-bond acceptors (Lipinski definition) is 3. The Morgan fingerprint density at radius 1 is 0.815 bits per heavy atom. The zero-order valence-electron chi connectivity index (χ0n) is 16.1. The number of hydrogen-bond donors (Lipinski definition) is 1. The van der Waals surface area contributed by atoms with Crippen molar-refractivity contribution in [3.8, 4) is 22.4 Å². The molecule has 0 fully saturated rings. The topological polar surface area (TPSA) is 46.3 Å². The first-order valence-corrected chi connectivity index (χ1v) is 10.1.